The van der Waals surface area contributed by atoms with Crippen LogP contribution in [-0.4, -0.2) is 225 Å². The summed E-state index contributed by atoms with van der Waals surface area (Å²) in [7, 11) is -22.6. The Balaban J connectivity index is 0.760. The quantitative estimate of drug-likeness (QED) is 0.0225. The number of imidazole rings is 2. The Labute approximate surface area is 565 Å². The number of hydrogen-bond acceptors (Lipinski definition) is 37. The fourth-order valence-corrected chi connectivity index (χ4v) is 15.5. The van der Waals surface area contributed by atoms with Crippen LogP contribution in [0.1, 0.15) is 55.1 Å². The van der Waals surface area contributed by atoms with Crippen LogP contribution in [0.2, 0.25) is 0 Å². The van der Waals surface area contributed by atoms with Crippen molar-refractivity contribution in [2.75, 3.05) is 50.2 Å². The maximum atomic E-state index is 14.3. The first kappa shape index (κ1) is 74.3. The Hall–Kier alpha value is -7.42. The van der Waals surface area contributed by atoms with Crippen LogP contribution in [0.25, 0.3) is 22.3 Å². The Morgan fingerprint density at radius 3 is 1.53 bits per heavy atom. The molecule has 5 saturated heterocycles. The smallest absolute Gasteiger partial charge is 0.394 e. The van der Waals surface area contributed by atoms with Gasteiger partial charge in [-0.15, -0.1) is 0 Å². The number of aliphatic hydroxyl groups excluding tert-OH is 5. The molecule has 102 heavy (non-hydrogen) atoms. The minimum absolute atomic E-state index is 0.0299. The minimum atomic E-state index is -5.85. The van der Waals surface area contributed by atoms with Crippen molar-refractivity contribution in [2.45, 2.75) is 137 Å². The maximum absolute atomic E-state index is 14.3. The molecule has 0 radical (unpaired) electrons. The summed E-state index contributed by atoms with van der Waals surface area (Å²) in [6, 6.07) is 1.08. The van der Waals surface area contributed by atoms with Crippen LogP contribution >= 0.6 is 31.3 Å². The van der Waals surface area contributed by atoms with Crippen molar-refractivity contribution in [1.29, 1.82) is 0 Å². The van der Waals surface area contributed by atoms with Crippen LogP contribution in [0.3, 0.4) is 0 Å². The van der Waals surface area contributed by atoms with E-state index in [1.807, 2.05) is 4.98 Å². The van der Waals surface area contributed by atoms with Crippen LogP contribution in [0, 0.1) is 13.8 Å². The van der Waals surface area contributed by atoms with Crippen molar-refractivity contribution >= 4 is 71.2 Å². The lowest BCUT2D eigenvalue weighted by atomic mass is 10.1. The van der Waals surface area contributed by atoms with E-state index in [4.69, 9.17) is 77.1 Å². The predicted octanol–water partition coefficient (Wildman–Crippen LogP) is -5.61. The summed E-state index contributed by atoms with van der Waals surface area (Å²) in [6.45, 7) is -2.89. The molecule has 7 unspecified atom stereocenters. The number of hydrogen-bond donors (Lipinski definition) is 15. The number of anilines is 3. The van der Waals surface area contributed by atoms with E-state index >= 15 is 0 Å². The molecular formula is C49H63N17O32P4. The van der Waals surface area contributed by atoms with E-state index < -0.39 is 226 Å². The third kappa shape index (κ3) is 15.5. The van der Waals surface area contributed by atoms with Crippen molar-refractivity contribution < 1.29 is 123 Å². The number of phosphoric ester groups is 4. The number of nitrogen functional groups attached to an aromatic ring is 3. The summed E-state index contributed by atoms with van der Waals surface area (Å²) in [6.07, 6.45) is -27.4. The Bertz CT molecular complexity index is 4900. The third-order valence-electron chi connectivity index (χ3n) is 16.6. The SMILES string of the molecule is Cc1cn([C@H]2C[C@@H](O)[C@@H](COP(=O)(O)O[C@@H]3C[C@H](n4cc(C)c(=O)[nH]c4=O)O[C@@H]3COP(=O)(O)OC3[C@@H](COP(=O)(O)OC4[C@@H](COP(=O)(O)OC5[C@@H](CO)O[C@@H](n6cnc7c(N)ncnc76)[C@H]5O)O[C@@H](n5ccc(N)nc5=O)[C@H]4O)O[C@@H](n4cnc5c(=O)[nH]c(N)nc54)[C@H]3O)O2)c(=O)[nH]c1=O. The van der Waals surface area contributed by atoms with E-state index in [0.717, 1.165) is 51.1 Å². The first-order valence-corrected chi connectivity index (χ1v) is 35.9. The molecule has 49 nitrogen and oxygen atoms in total. The van der Waals surface area contributed by atoms with E-state index in [-0.39, 0.29) is 46.0 Å². The Morgan fingerprint density at radius 2 is 0.990 bits per heavy atom. The van der Waals surface area contributed by atoms with Gasteiger partial charge in [0.05, 0.1) is 51.8 Å². The van der Waals surface area contributed by atoms with Crippen LogP contribution in [0.4, 0.5) is 17.6 Å². The van der Waals surface area contributed by atoms with E-state index in [2.05, 4.69) is 39.9 Å². The highest BCUT2D eigenvalue weighted by Gasteiger charge is 2.55. The van der Waals surface area contributed by atoms with Gasteiger partial charge in [0.1, 0.15) is 103 Å². The lowest BCUT2D eigenvalue weighted by Crippen LogP contribution is -2.39. The van der Waals surface area contributed by atoms with Gasteiger partial charge in [0, 0.05) is 42.6 Å². The molecule has 0 amide bonds. The van der Waals surface area contributed by atoms with Crippen molar-refractivity contribution in [3.8, 4) is 0 Å². The highest BCUT2D eigenvalue weighted by molar-refractivity contribution is 7.48. The Morgan fingerprint density at radius 1 is 0.529 bits per heavy atom. The summed E-state index contributed by atoms with van der Waals surface area (Å²) in [5, 5.41) is 56.1. The molecule has 556 valence electrons. The van der Waals surface area contributed by atoms with E-state index in [1.165, 1.54) is 24.6 Å². The molecule has 0 saturated carbocycles. The molecule has 5 aliphatic rings. The van der Waals surface area contributed by atoms with E-state index in [9.17, 15) is 92.1 Å². The second-order valence-corrected chi connectivity index (χ2v) is 29.0. The average molecular weight is 1530 g/mol. The molecule has 22 atom stereocenters. The summed E-state index contributed by atoms with van der Waals surface area (Å²) >= 11 is 0. The molecule has 0 bridgehead atoms. The van der Waals surface area contributed by atoms with Gasteiger partial charge in [0.25, 0.3) is 16.7 Å². The largest absolute Gasteiger partial charge is 0.472 e. The first-order chi connectivity index (χ1) is 48.1. The molecule has 18 N–H and O–H groups in total. The molecule has 7 aromatic rings. The number of aromatic nitrogens is 14. The molecule has 0 spiro atoms. The average Bonchev–Trinajstić information content (AvgIpc) is 1.62. The topological polar surface area (TPSA) is 700 Å². The zero-order chi connectivity index (χ0) is 73.4. The number of phosphoric acid groups is 4. The number of aliphatic hydroxyl groups is 5. The number of nitrogens with two attached hydrogens (primary N) is 3. The van der Waals surface area contributed by atoms with Crippen molar-refractivity contribution in [2.24, 2.45) is 0 Å². The first-order valence-electron chi connectivity index (χ1n) is 29.9. The van der Waals surface area contributed by atoms with Crippen molar-refractivity contribution in [3.05, 3.63) is 117 Å². The van der Waals surface area contributed by atoms with Crippen LogP contribution in [0.5, 0.6) is 0 Å². The second kappa shape index (κ2) is 28.9. The Kier molecular flexibility index (Phi) is 21.1. The van der Waals surface area contributed by atoms with Gasteiger partial charge in [0.15, 0.2) is 41.3 Å². The zero-order valence-electron chi connectivity index (χ0n) is 52.2. The maximum Gasteiger partial charge on any atom is 0.472 e. The molecule has 5 fully saturated rings. The number of ether oxygens (including phenoxy) is 5. The minimum Gasteiger partial charge on any atom is -0.394 e. The van der Waals surface area contributed by atoms with Gasteiger partial charge in [-0.2, -0.15) is 9.97 Å². The molecule has 12 rings (SSSR count). The summed E-state index contributed by atoms with van der Waals surface area (Å²) in [5.74, 6) is -0.849. The number of rotatable bonds is 26. The monoisotopic (exact) mass is 1530 g/mol. The summed E-state index contributed by atoms with van der Waals surface area (Å²) in [4.78, 5) is 151. The fraction of sp³-hybridized carbons (Fsp3) is 0.551. The highest BCUT2D eigenvalue weighted by Crippen LogP contribution is 2.55. The molecule has 53 heteroatoms. The molecule has 0 aliphatic carbocycles. The number of H-pyrrole nitrogens is 3. The third-order valence-corrected chi connectivity index (χ3v) is 20.5. The van der Waals surface area contributed by atoms with Crippen LogP contribution in [0.15, 0.2) is 72.4 Å². The molecule has 5 aliphatic heterocycles. The van der Waals surface area contributed by atoms with Gasteiger partial charge in [-0.1, -0.05) is 0 Å². The van der Waals surface area contributed by atoms with E-state index in [0.29, 0.717) is 4.57 Å². The van der Waals surface area contributed by atoms with E-state index in [1.54, 1.807) is 0 Å². The fourth-order valence-electron chi connectivity index (χ4n) is 11.7. The molecule has 12 heterocycles. The number of aromatic amines is 3. The van der Waals surface area contributed by atoms with Crippen LogP contribution in [-0.2, 0) is 78.1 Å². The lowest BCUT2D eigenvalue weighted by Gasteiger charge is -2.27. The second-order valence-electron chi connectivity index (χ2n) is 23.4. The van der Waals surface area contributed by atoms with Gasteiger partial charge >= 0.3 is 48.4 Å². The molecular weight excluding hydrogens is 1460 g/mol. The van der Waals surface area contributed by atoms with Crippen molar-refractivity contribution in [3.63, 3.8) is 0 Å². The van der Waals surface area contributed by atoms with Gasteiger partial charge in [-0.3, -0.25) is 88.4 Å². The molecule has 7 aromatic heterocycles. The standard InChI is InChI=1S/C49H63N17O32P4/c1-17-7-63(48(76)60-40(17)72)27-5-19(68)22(90-27)10-86-99(78,79)95-20-6-28(64-8-18(2)41(73)61-49(64)77)91-23(20)11-87-100(80,81)98-36-25(94-45(33(36)71)66-16-56-30-39(66)58-46(52)59-42(30)74)13-89-102(84,85)97-35-24(93-43(32(35)70)62-4-3-26(50)57-47(62)75)12-88-101(82,83)96-34-21(9-67)92-44(31(34)69)65-15-55-29-37(51)53-14-54-38(29)65/h3-4,7-8,14-16,19-25,27-28,31-36,43-45,67-71H,5-6,9-13H2,1-2H3,(H,78,79)(H,80,81)(H,82,83)(H,84,85)(H2,50,57,75)(H2,51,53,54)(H,60,72,76)(H,61,73,77)(H3,52,58,59,74)/t19-,20-,21-,22-,23-,24-,25-,27-,28-,31+,32+,33+,34?,35?,36?,43-,44-,45-/m1/s1. The predicted molar refractivity (Wildman–Crippen MR) is 330 cm³/mol. The number of aryl methyl sites for hydroxylation is 2. The number of nitrogens with zero attached hydrogens (tertiary/aromatic N) is 11. The van der Waals surface area contributed by atoms with Gasteiger partial charge in [-0.05, 0) is 19.9 Å². The zero-order valence-corrected chi connectivity index (χ0v) is 55.8. The summed E-state index contributed by atoms with van der Waals surface area (Å²) < 4.78 is 132. The van der Waals surface area contributed by atoms with Gasteiger partial charge < -0.3 is 86.0 Å². The van der Waals surface area contributed by atoms with Gasteiger partial charge in [-0.25, -0.2) is 52.6 Å². The summed E-state index contributed by atoms with van der Waals surface area (Å²) in [5.41, 5.74) is 11.2. The highest BCUT2D eigenvalue weighted by atomic mass is 31.2. The lowest BCUT2D eigenvalue weighted by molar-refractivity contribution is -0.0648. The van der Waals surface area contributed by atoms with Crippen LogP contribution < -0.4 is 50.9 Å². The number of fused-ring (bicyclic) bond motifs is 2. The van der Waals surface area contributed by atoms with Crippen molar-refractivity contribution in [1.82, 2.24) is 67.7 Å². The van der Waals surface area contributed by atoms with Gasteiger partial charge in [0.2, 0.25) is 5.95 Å². The molecule has 0 aromatic carbocycles. The normalized spacial score (nSPS) is 31.4. The number of nitrogens with one attached hydrogen (secondary N) is 3.